The molecule has 4 heteroatoms. The third kappa shape index (κ3) is 3.79. The van der Waals surface area contributed by atoms with E-state index in [4.69, 9.17) is 0 Å². The van der Waals surface area contributed by atoms with Gasteiger partial charge in [0.2, 0.25) is 5.91 Å². The lowest BCUT2D eigenvalue weighted by Gasteiger charge is -2.35. The molecule has 0 saturated heterocycles. The van der Waals surface area contributed by atoms with E-state index in [2.05, 4.69) is 10.3 Å². The van der Waals surface area contributed by atoms with Crippen LogP contribution in [0.15, 0.2) is 18.3 Å². The summed E-state index contributed by atoms with van der Waals surface area (Å²) in [5, 5.41) is 12.6. The van der Waals surface area contributed by atoms with Crippen molar-refractivity contribution in [2.45, 2.75) is 45.4 Å². The predicted molar refractivity (Wildman–Crippen MR) is 78.3 cm³/mol. The van der Waals surface area contributed by atoms with Crippen molar-refractivity contribution >= 4 is 5.91 Å². The zero-order valence-corrected chi connectivity index (χ0v) is 12.2. The summed E-state index contributed by atoms with van der Waals surface area (Å²) in [5.74, 6) is -0.00908. The second kappa shape index (κ2) is 6.84. The third-order valence-corrected chi connectivity index (χ3v) is 4.36. The highest BCUT2D eigenvalue weighted by Crippen LogP contribution is 2.35. The maximum Gasteiger partial charge on any atom is 0.226 e. The van der Waals surface area contributed by atoms with Gasteiger partial charge in [-0.1, -0.05) is 25.3 Å². The second-order valence-electron chi connectivity index (χ2n) is 5.94. The molecule has 1 saturated carbocycles. The van der Waals surface area contributed by atoms with Crippen LogP contribution in [0.5, 0.6) is 0 Å². The maximum atomic E-state index is 12.0. The fourth-order valence-electron chi connectivity index (χ4n) is 2.90. The van der Waals surface area contributed by atoms with E-state index in [0.717, 1.165) is 36.9 Å². The number of nitrogens with zero attached hydrogens (tertiary/aromatic N) is 1. The number of aliphatic hydroxyl groups is 1. The van der Waals surface area contributed by atoms with Crippen molar-refractivity contribution in [2.24, 2.45) is 5.41 Å². The molecule has 1 aliphatic carbocycles. The molecule has 0 spiro atoms. The molecule has 0 atom stereocenters. The number of rotatable bonds is 5. The molecule has 0 aliphatic heterocycles. The van der Waals surface area contributed by atoms with Crippen LogP contribution in [0.3, 0.4) is 0 Å². The number of amides is 1. The van der Waals surface area contributed by atoms with Gasteiger partial charge in [0.05, 0.1) is 18.7 Å². The molecule has 0 aromatic carbocycles. The first kappa shape index (κ1) is 15.0. The van der Waals surface area contributed by atoms with E-state index in [1.807, 2.05) is 19.1 Å². The van der Waals surface area contributed by atoms with Gasteiger partial charge in [-0.25, -0.2) is 0 Å². The summed E-state index contributed by atoms with van der Waals surface area (Å²) in [4.78, 5) is 16.3. The number of pyridine rings is 1. The highest BCUT2D eigenvalue weighted by Gasteiger charge is 2.31. The number of carbonyl (C=O) groups is 1. The molecule has 1 aromatic heterocycles. The lowest BCUT2D eigenvalue weighted by atomic mass is 9.74. The fraction of sp³-hybridized carbons (Fsp3) is 0.625. The monoisotopic (exact) mass is 276 g/mol. The van der Waals surface area contributed by atoms with Crippen LogP contribution in [-0.4, -0.2) is 29.1 Å². The van der Waals surface area contributed by atoms with E-state index >= 15 is 0 Å². The Morgan fingerprint density at radius 2 is 2.15 bits per heavy atom. The van der Waals surface area contributed by atoms with Crippen LogP contribution in [0.2, 0.25) is 0 Å². The summed E-state index contributed by atoms with van der Waals surface area (Å²) < 4.78 is 0. The second-order valence-corrected chi connectivity index (χ2v) is 5.94. The number of hydrogen-bond acceptors (Lipinski definition) is 3. The molecule has 20 heavy (non-hydrogen) atoms. The minimum Gasteiger partial charge on any atom is -0.396 e. The molecular weight excluding hydrogens is 252 g/mol. The Bertz CT molecular complexity index is 454. The van der Waals surface area contributed by atoms with E-state index < -0.39 is 0 Å². The number of carbonyl (C=O) groups excluding carboxylic acids is 1. The summed E-state index contributed by atoms with van der Waals surface area (Å²) in [6.07, 6.45) is 7.58. The number of aryl methyl sites for hydroxylation is 1. The standard InChI is InChI=1S/C16H24N2O2/c1-13-6-5-9-17-14(13)10-15(20)18-11-16(12-19)7-3-2-4-8-16/h5-6,9,19H,2-4,7-8,10-12H2,1H3,(H,18,20). The molecule has 0 bridgehead atoms. The molecule has 2 rings (SSSR count). The van der Waals surface area contributed by atoms with Crippen molar-refractivity contribution in [3.63, 3.8) is 0 Å². The minimum atomic E-state index is -0.104. The van der Waals surface area contributed by atoms with Crippen LogP contribution in [0.4, 0.5) is 0 Å². The van der Waals surface area contributed by atoms with Gasteiger partial charge in [-0.05, 0) is 31.4 Å². The van der Waals surface area contributed by atoms with Crippen LogP contribution in [0.1, 0.15) is 43.4 Å². The summed E-state index contributed by atoms with van der Waals surface area (Å²) in [5.41, 5.74) is 1.76. The van der Waals surface area contributed by atoms with Gasteiger partial charge in [-0.15, -0.1) is 0 Å². The van der Waals surface area contributed by atoms with Gasteiger partial charge < -0.3 is 10.4 Å². The first-order valence-electron chi connectivity index (χ1n) is 7.43. The highest BCUT2D eigenvalue weighted by atomic mass is 16.3. The number of aromatic nitrogens is 1. The van der Waals surface area contributed by atoms with Gasteiger partial charge in [0.15, 0.2) is 0 Å². The van der Waals surface area contributed by atoms with Crippen LogP contribution >= 0.6 is 0 Å². The molecule has 4 nitrogen and oxygen atoms in total. The minimum absolute atomic E-state index is 0.00908. The van der Waals surface area contributed by atoms with E-state index in [1.165, 1.54) is 6.42 Å². The Labute approximate surface area is 120 Å². The lowest BCUT2D eigenvalue weighted by Crippen LogP contribution is -2.42. The SMILES string of the molecule is Cc1cccnc1CC(=O)NCC1(CO)CCCCC1. The van der Waals surface area contributed by atoms with Gasteiger partial charge in [0.1, 0.15) is 0 Å². The molecule has 1 aliphatic rings. The third-order valence-electron chi connectivity index (χ3n) is 4.36. The van der Waals surface area contributed by atoms with Gasteiger partial charge in [-0.3, -0.25) is 9.78 Å². The molecule has 1 fully saturated rings. The Hall–Kier alpha value is -1.42. The van der Waals surface area contributed by atoms with Crippen molar-refractivity contribution in [1.29, 1.82) is 0 Å². The van der Waals surface area contributed by atoms with Gasteiger partial charge in [0, 0.05) is 18.2 Å². The molecule has 1 amide bonds. The molecule has 1 heterocycles. The Kier molecular flexibility index (Phi) is 5.12. The van der Waals surface area contributed by atoms with E-state index in [9.17, 15) is 9.90 Å². The molecular formula is C16H24N2O2. The smallest absolute Gasteiger partial charge is 0.226 e. The average Bonchev–Trinajstić information content (AvgIpc) is 2.49. The maximum absolute atomic E-state index is 12.0. The van der Waals surface area contributed by atoms with Gasteiger partial charge in [-0.2, -0.15) is 0 Å². The summed E-state index contributed by atoms with van der Waals surface area (Å²) in [6, 6.07) is 3.84. The number of aliphatic hydroxyl groups excluding tert-OH is 1. The van der Waals surface area contributed by atoms with Crippen molar-refractivity contribution in [2.75, 3.05) is 13.2 Å². The van der Waals surface area contributed by atoms with Crippen molar-refractivity contribution in [1.82, 2.24) is 10.3 Å². The van der Waals surface area contributed by atoms with E-state index in [-0.39, 0.29) is 17.9 Å². The van der Waals surface area contributed by atoms with Crippen molar-refractivity contribution in [3.8, 4) is 0 Å². The van der Waals surface area contributed by atoms with Gasteiger partial charge in [0.25, 0.3) is 0 Å². The Morgan fingerprint density at radius 1 is 1.40 bits per heavy atom. The first-order valence-corrected chi connectivity index (χ1v) is 7.43. The summed E-state index contributed by atoms with van der Waals surface area (Å²) >= 11 is 0. The number of hydrogen-bond donors (Lipinski definition) is 2. The van der Waals surface area contributed by atoms with Crippen LogP contribution in [0, 0.1) is 12.3 Å². The zero-order chi connectivity index (χ0) is 14.4. The van der Waals surface area contributed by atoms with Crippen LogP contribution in [-0.2, 0) is 11.2 Å². The summed E-state index contributed by atoms with van der Waals surface area (Å²) in [6.45, 7) is 2.70. The summed E-state index contributed by atoms with van der Waals surface area (Å²) in [7, 11) is 0. The van der Waals surface area contributed by atoms with Gasteiger partial charge >= 0.3 is 0 Å². The lowest BCUT2D eigenvalue weighted by molar-refractivity contribution is -0.121. The Balaban J connectivity index is 1.87. The molecule has 0 radical (unpaired) electrons. The first-order chi connectivity index (χ1) is 9.65. The van der Waals surface area contributed by atoms with Crippen LogP contribution in [0.25, 0.3) is 0 Å². The molecule has 1 aromatic rings. The molecule has 0 unspecified atom stereocenters. The number of nitrogens with one attached hydrogen (secondary N) is 1. The quantitative estimate of drug-likeness (QED) is 0.864. The fourth-order valence-corrected chi connectivity index (χ4v) is 2.90. The largest absolute Gasteiger partial charge is 0.396 e. The predicted octanol–water partition coefficient (Wildman–Crippen LogP) is 1.99. The molecule has 110 valence electrons. The van der Waals surface area contributed by atoms with E-state index in [0.29, 0.717) is 13.0 Å². The van der Waals surface area contributed by atoms with Crippen LogP contribution < -0.4 is 5.32 Å². The average molecular weight is 276 g/mol. The topological polar surface area (TPSA) is 62.2 Å². The highest BCUT2D eigenvalue weighted by molar-refractivity contribution is 5.78. The molecule has 2 N–H and O–H groups in total. The van der Waals surface area contributed by atoms with Crippen molar-refractivity contribution < 1.29 is 9.90 Å². The van der Waals surface area contributed by atoms with Crippen molar-refractivity contribution in [3.05, 3.63) is 29.6 Å². The normalized spacial score (nSPS) is 17.7. The zero-order valence-electron chi connectivity index (χ0n) is 12.2. The van der Waals surface area contributed by atoms with E-state index in [1.54, 1.807) is 6.20 Å². The Morgan fingerprint density at radius 3 is 2.80 bits per heavy atom.